The highest BCUT2D eigenvalue weighted by Gasteiger charge is 2.39. The topological polar surface area (TPSA) is 74.8 Å². The molecule has 0 N–H and O–H groups in total. The number of rotatable bonds is 2. The number of nitrogens with zero attached hydrogens (tertiary/aromatic N) is 4. The molecule has 0 radical (unpaired) electrons. The van der Waals surface area contributed by atoms with Crippen LogP contribution in [-0.2, 0) is 12.8 Å². The molecule has 0 bridgehead atoms. The van der Waals surface area contributed by atoms with Crippen molar-refractivity contribution in [2.24, 2.45) is 0 Å². The van der Waals surface area contributed by atoms with E-state index in [0.717, 1.165) is 22.8 Å². The van der Waals surface area contributed by atoms with Crippen molar-refractivity contribution >= 4 is 11.4 Å². The van der Waals surface area contributed by atoms with Crippen molar-refractivity contribution in [3.63, 3.8) is 0 Å². The average molecular weight is 576 g/mol. The maximum absolute atomic E-state index is 13.4. The summed E-state index contributed by atoms with van der Waals surface area (Å²) in [7, 11) is 0. The van der Waals surface area contributed by atoms with Gasteiger partial charge in [0.15, 0.2) is 0 Å². The van der Waals surface area contributed by atoms with Gasteiger partial charge in [-0.15, -0.1) is 26.3 Å². The molecule has 3 aromatic rings. The van der Waals surface area contributed by atoms with Gasteiger partial charge in [-0.25, -0.2) is 20.2 Å². The van der Waals surface area contributed by atoms with Crippen LogP contribution in [0.15, 0.2) is 24.3 Å². The zero-order chi connectivity index (χ0) is 30.7. The fourth-order valence-electron chi connectivity index (χ4n) is 5.84. The normalized spacial score (nSPS) is 14.2. The molecule has 2 aliphatic carbocycles. The van der Waals surface area contributed by atoms with Crippen LogP contribution in [0.1, 0.15) is 33.4 Å². The lowest BCUT2D eigenvalue weighted by molar-refractivity contribution is -0.276. The first-order chi connectivity index (χ1) is 19.7. The maximum Gasteiger partial charge on any atom is 0.573 e. The highest BCUT2D eigenvalue weighted by molar-refractivity contribution is 5.93. The van der Waals surface area contributed by atoms with Crippen molar-refractivity contribution in [3.05, 3.63) is 90.9 Å². The Balaban J connectivity index is 2.05. The van der Waals surface area contributed by atoms with Crippen molar-refractivity contribution < 1.29 is 35.8 Å². The van der Waals surface area contributed by atoms with E-state index in [1.807, 2.05) is 32.0 Å². The molecule has 3 aromatic carbocycles. The quantitative estimate of drug-likeness (QED) is 0.182. The summed E-state index contributed by atoms with van der Waals surface area (Å²) in [5.74, 6) is -2.01. The van der Waals surface area contributed by atoms with Crippen LogP contribution in [0.3, 0.4) is 0 Å². The van der Waals surface area contributed by atoms with E-state index < -0.39 is 42.0 Å². The predicted octanol–water partition coefficient (Wildman–Crippen LogP) is 6.35. The van der Waals surface area contributed by atoms with Crippen molar-refractivity contribution in [1.29, 1.82) is 10.5 Å². The smallest absolute Gasteiger partial charge is 0.406 e. The molecule has 2 aliphatic rings. The van der Waals surface area contributed by atoms with Crippen molar-refractivity contribution in [2.75, 3.05) is 0 Å². The lowest BCUT2D eigenvalue weighted by Gasteiger charge is -2.16. The van der Waals surface area contributed by atoms with Gasteiger partial charge in [-0.3, -0.25) is 0 Å². The first kappa shape index (κ1) is 28.1. The molecular weight excluding hydrogens is 562 g/mol. The second-order valence-electron chi connectivity index (χ2n) is 9.61. The highest BCUT2D eigenvalue weighted by atomic mass is 19.4. The standard InChI is InChI=1S/C30H14F6N4O2/c1-13-5-14(2)16-9-20-25(18(16)6-13)28(23(12-38)40-4)21-10-17-19(26(21)27(20)22(11-37)39-3)7-15(41-29(31,32)33)8-24(17)42-30(34,35)36/h5-8H,9-10H2,1-2H3/b27-22+,28-23-. The number of benzene rings is 3. The first-order valence-electron chi connectivity index (χ1n) is 12.0. The molecule has 42 heavy (non-hydrogen) atoms. The molecule has 0 saturated heterocycles. The second kappa shape index (κ2) is 9.58. The Morgan fingerprint density at radius 1 is 0.738 bits per heavy atom. The van der Waals surface area contributed by atoms with Crippen LogP contribution in [0.25, 0.3) is 43.3 Å². The zero-order valence-corrected chi connectivity index (χ0v) is 21.6. The van der Waals surface area contributed by atoms with Gasteiger partial charge in [-0.2, -0.15) is 0 Å². The van der Waals surface area contributed by atoms with E-state index in [1.165, 1.54) is 0 Å². The predicted molar refractivity (Wildman–Crippen MR) is 136 cm³/mol. The molecule has 0 fully saturated rings. The molecular formula is C30H14F6N4O2. The Labute approximate surface area is 234 Å². The monoisotopic (exact) mass is 576 g/mol. The summed E-state index contributed by atoms with van der Waals surface area (Å²) in [6.07, 6.45) is -10.8. The van der Waals surface area contributed by atoms with Crippen LogP contribution in [-0.4, -0.2) is 12.7 Å². The van der Waals surface area contributed by atoms with Gasteiger partial charge in [-0.1, -0.05) is 17.7 Å². The SMILES string of the molecule is [C-]#[N+]/C(C#N)=c1/c2c(/c(=C(\C#N)[N+]#[C-])c3c1-c1cc(C)cc(C)c1C3)-c1cc(OC(F)(F)F)cc(OC(F)(F)F)c1C2. The minimum atomic E-state index is -5.29. The fraction of sp³-hybridized carbons (Fsp3) is 0.200. The van der Waals surface area contributed by atoms with Gasteiger partial charge in [0.2, 0.25) is 0 Å². The summed E-state index contributed by atoms with van der Waals surface area (Å²) in [5.41, 5.74) is 2.69. The molecule has 0 aromatic heterocycles. The first-order valence-corrected chi connectivity index (χ1v) is 12.0. The Hall–Kier alpha value is -5.46. The zero-order valence-electron chi connectivity index (χ0n) is 21.6. The van der Waals surface area contributed by atoms with Gasteiger partial charge in [0.05, 0.1) is 25.3 Å². The van der Waals surface area contributed by atoms with Crippen LogP contribution >= 0.6 is 0 Å². The Morgan fingerprint density at radius 2 is 1.24 bits per heavy atom. The Bertz CT molecular complexity index is 2000. The van der Waals surface area contributed by atoms with Gasteiger partial charge < -0.3 is 9.47 Å². The van der Waals surface area contributed by atoms with Crippen LogP contribution in [0.4, 0.5) is 26.3 Å². The fourth-order valence-corrected chi connectivity index (χ4v) is 5.84. The number of halogens is 6. The van der Waals surface area contributed by atoms with Crippen LogP contribution in [0.5, 0.6) is 11.5 Å². The van der Waals surface area contributed by atoms with Gasteiger partial charge in [0, 0.05) is 28.5 Å². The van der Waals surface area contributed by atoms with E-state index in [2.05, 4.69) is 19.2 Å². The highest BCUT2D eigenvalue weighted by Crippen LogP contribution is 2.47. The maximum atomic E-state index is 13.4. The third-order valence-corrected chi connectivity index (χ3v) is 7.12. The molecule has 12 heteroatoms. The molecule has 0 spiro atoms. The largest absolute Gasteiger partial charge is 0.573 e. The van der Waals surface area contributed by atoms with Gasteiger partial charge in [0.1, 0.15) is 11.5 Å². The molecule has 0 heterocycles. The van der Waals surface area contributed by atoms with E-state index in [0.29, 0.717) is 22.8 Å². The third-order valence-electron chi connectivity index (χ3n) is 7.12. The lowest BCUT2D eigenvalue weighted by Crippen LogP contribution is -2.25. The lowest BCUT2D eigenvalue weighted by atomic mass is 9.90. The number of hydrogen-bond acceptors (Lipinski definition) is 4. The number of alkyl halides is 6. The number of nitriles is 2. The van der Waals surface area contributed by atoms with Crippen LogP contribution < -0.4 is 19.9 Å². The van der Waals surface area contributed by atoms with Crippen molar-refractivity contribution in [3.8, 4) is 45.9 Å². The summed E-state index contributed by atoms with van der Waals surface area (Å²) in [6.45, 7) is 19.1. The molecule has 208 valence electrons. The van der Waals surface area contributed by atoms with Gasteiger partial charge >= 0.3 is 12.7 Å². The van der Waals surface area contributed by atoms with Gasteiger partial charge in [0.25, 0.3) is 11.4 Å². The summed E-state index contributed by atoms with van der Waals surface area (Å²) < 4.78 is 87.9. The average Bonchev–Trinajstić information content (AvgIpc) is 3.44. The molecule has 0 aliphatic heterocycles. The number of ether oxygens (including phenoxy) is 2. The number of aryl methyl sites for hydroxylation is 2. The Morgan fingerprint density at radius 3 is 1.71 bits per heavy atom. The summed E-state index contributed by atoms with van der Waals surface area (Å²) in [4.78, 5) is 6.70. The molecule has 0 saturated carbocycles. The van der Waals surface area contributed by atoms with Crippen LogP contribution in [0.2, 0.25) is 0 Å². The number of fused-ring (bicyclic) bond motifs is 6. The van der Waals surface area contributed by atoms with Crippen LogP contribution in [0, 0.1) is 49.7 Å². The van der Waals surface area contributed by atoms with E-state index in [-0.39, 0.29) is 39.1 Å². The Kier molecular flexibility index (Phi) is 6.40. The molecule has 0 atom stereocenters. The summed E-state index contributed by atoms with van der Waals surface area (Å²) in [5, 5.41) is 20.0. The minimum Gasteiger partial charge on any atom is -0.406 e. The van der Waals surface area contributed by atoms with Crippen molar-refractivity contribution in [1.82, 2.24) is 0 Å². The minimum absolute atomic E-state index is 0.0117. The summed E-state index contributed by atoms with van der Waals surface area (Å²) >= 11 is 0. The molecule has 5 rings (SSSR count). The van der Waals surface area contributed by atoms with Crippen molar-refractivity contribution in [2.45, 2.75) is 39.4 Å². The summed E-state index contributed by atoms with van der Waals surface area (Å²) in [6, 6.07) is 8.66. The number of hydrogen-bond donors (Lipinski definition) is 0. The second-order valence-corrected chi connectivity index (χ2v) is 9.61. The van der Waals surface area contributed by atoms with E-state index in [4.69, 9.17) is 13.1 Å². The third kappa shape index (κ3) is 4.54. The molecule has 0 unspecified atom stereocenters. The molecule has 0 amide bonds. The molecule has 6 nitrogen and oxygen atoms in total. The van der Waals surface area contributed by atoms with E-state index in [1.54, 1.807) is 6.07 Å². The van der Waals surface area contributed by atoms with E-state index in [9.17, 15) is 36.9 Å². The van der Waals surface area contributed by atoms with E-state index >= 15 is 0 Å². The van der Waals surface area contributed by atoms with Gasteiger partial charge in [-0.05, 0) is 70.8 Å².